The Morgan fingerprint density at radius 3 is 2.42 bits per heavy atom. The van der Waals surface area contributed by atoms with Crippen molar-refractivity contribution in [3.63, 3.8) is 0 Å². The lowest BCUT2D eigenvalue weighted by Crippen LogP contribution is -2.23. The van der Waals surface area contributed by atoms with Gasteiger partial charge in [0.25, 0.3) is 11.7 Å². The third-order valence-corrected chi connectivity index (χ3v) is 5.24. The average molecular weight is 456 g/mol. The van der Waals surface area contributed by atoms with Crippen LogP contribution in [0.5, 0.6) is 11.5 Å². The molecule has 0 fully saturated rings. The van der Waals surface area contributed by atoms with E-state index in [2.05, 4.69) is 10.3 Å². The van der Waals surface area contributed by atoms with E-state index in [-0.39, 0.29) is 32.8 Å². The average Bonchev–Trinajstić information content (AvgIpc) is 3.07. The number of phenolic OH excluding ortho intramolecular Hbond substituents is 2. The predicted molar refractivity (Wildman–Crippen MR) is 118 cm³/mol. The number of halogens is 2. The number of Topliss-reactive ketones (excluding diaryl/α,β-unsaturated/α-hetero) is 1. The Kier molecular flexibility index (Phi) is 5.54. The molecule has 0 atom stereocenters. The molecule has 0 aliphatic rings. The van der Waals surface area contributed by atoms with Crippen molar-refractivity contribution in [2.24, 2.45) is 0 Å². The summed E-state index contributed by atoms with van der Waals surface area (Å²) in [6.07, 6.45) is 4.13. The second-order valence-corrected chi connectivity index (χ2v) is 7.62. The standard InChI is InChI=1S/C22H15Cl2N3O4/c23-17-8-25-9-18(24)20(17)26-22(31)21(30)16-11-27(10-12-2-1-3-13(28)6-12)19-5-4-14(29)7-15(16)19/h1-9,11,28-29H,10H2,(H,25,26,31). The number of aromatic nitrogens is 2. The van der Waals surface area contributed by atoms with Gasteiger partial charge in [0.15, 0.2) is 0 Å². The molecule has 3 N–H and O–H groups in total. The van der Waals surface area contributed by atoms with E-state index in [1.165, 1.54) is 30.7 Å². The first kappa shape index (κ1) is 20.7. The van der Waals surface area contributed by atoms with Gasteiger partial charge in [-0.1, -0.05) is 35.3 Å². The molecular formula is C22H15Cl2N3O4. The molecular weight excluding hydrogens is 441 g/mol. The monoisotopic (exact) mass is 455 g/mol. The molecule has 7 nitrogen and oxygen atoms in total. The zero-order valence-electron chi connectivity index (χ0n) is 15.8. The number of phenols is 2. The SMILES string of the molecule is O=C(Nc1c(Cl)cncc1Cl)C(=O)c1cn(Cc2cccc(O)c2)c2ccc(O)cc12. The predicted octanol–water partition coefficient (Wildman–Crippen LogP) is 4.62. The molecule has 0 aliphatic carbocycles. The van der Waals surface area contributed by atoms with Crippen LogP contribution < -0.4 is 5.32 Å². The normalized spacial score (nSPS) is 10.9. The fraction of sp³-hybridized carbons (Fsp3) is 0.0455. The molecule has 2 aromatic heterocycles. The summed E-state index contributed by atoms with van der Waals surface area (Å²) in [6.45, 7) is 0.340. The van der Waals surface area contributed by atoms with Crippen molar-refractivity contribution in [3.05, 3.63) is 82.2 Å². The molecule has 0 bridgehead atoms. The minimum Gasteiger partial charge on any atom is -0.508 e. The highest BCUT2D eigenvalue weighted by molar-refractivity contribution is 6.50. The maximum Gasteiger partial charge on any atom is 0.296 e. The number of carbonyl (C=O) groups excluding carboxylic acids is 2. The minimum absolute atomic E-state index is 0.0442. The Labute approximate surface area is 186 Å². The number of carbonyl (C=O) groups is 2. The van der Waals surface area contributed by atoms with Gasteiger partial charge in [0, 0.05) is 36.0 Å². The number of anilines is 1. The van der Waals surface area contributed by atoms with Crippen LogP contribution in [0.25, 0.3) is 10.9 Å². The zero-order chi connectivity index (χ0) is 22.1. The van der Waals surface area contributed by atoms with E-state index in [0.717, 1.165) is 5.56 Å². The number of aromatic hydroxyl groups is 2. The molecule has 156 valence electrons. The molecule has 0 spiro atoms. The first-order chi connectivity index (χ1) is 14.8. The molecule has 0 saturated carbocycles. The smallest absolute Gasteiger partial charge is 0.296 e. The maximum atomic E-state index is 13.0. The quantitative estimate of drug-likeness (QED) is 0.300. The van der Waals surface area contributed by atoms with Crippen LogP contribution in [0.2, 0.25) is 10.0 Å². The molecule has 9 heteroatoms. The van der Waals surface area contributed by atoms with Crippen LogP contribution in [0.1, 0.15) is 15.9 Å². The van der Waals surface area contributed by atoms with Crippen LogP contribution in [-0.2, 0) is 11.3 Å². The topological polar surface area (TPSA) is 104 Å². The summed E-state index contributed by atoms with van der Waals surface area (Å²) in [7, 11) is 0. The second-order valence-electron chi connectivity index (χ2n) is 6.80. The van der Waals surface area contributed by atoms with Gasteiger partial charge in [0.05, 0.1) is 21.3 Å². The van der Waals surface area contributed by atoms with E-state index in [1.807, 2.05) is 6.07 Å². The number of amides is 1. The van der Waals surface area contributed by atoms with Gasteiger partial charge in [-0.3, -0.25) is 14.6 Å². The maximum absolute atomic E-state index is 13.0. The molecule has 0 unspecified atom stereocenters. The third-order valence-electron chi connectivity index (χ3n) is 4.67. The van der Waals surface area contributed by atoms with Gasteiger partial charge in [-0.2, -0.15) is 0 Å². The van der Waals surface area contributed by atoms with Crippen molar-refractivity contribution in [1.82, 2.24) is 9.55 Å². The summed E-state index contributed by atoms with van der Waals surface area (Å²) >= 11 is 12.0. The van der Waals surface area contributed by atoms with Crippen LogP contribution >= 0.6 is 23.2 Å². The molecule has 31 heavy (non-hydrogen) atoms. The van der Waals surface area contributed by atoms with Crippen molar-refractivity contribution in [3.8, 4) is 11.5 Å². The Hall–Kier alpha value is -3.55. The first-order valence-electron chi connectivity index (χ1n) is 9.08. The van der Waals surface area contributed by atoms with Crippen molar-refractivity contribution < 1.29 is 19.8 Å². The number of hydrogen-bond donors (Lipinski definition) is 3. The molecule has 2 aromatic carbocycles. The van der Waals surface area contributed by atoms with Gasteiger partial charge in [0.2, 0.25) is 0 Å². The number of rotatable bonds is 5. The molecule has 0 saturated heterocycles. The van der Waals surface area contributed by atoms with E-state index in [0.29, 0.717) is 17.4 Å². The number of hydrogen-bond acceptors (Lipinski definition) is 5. The fourth-order valence-corrected chi connectivity index (χ4v) is 3.73. The first-order valence-corrected chi connectivity index (χ1v) is 9.83. The van der Waals surface area contributed by atoms with Crippen molar-refractivity contribution in [2.75, 3.05) is 5.32 Å². The highest BCUT2D eigenvalue weighted by Crippen LogP contribution is 2.30. The molecule has 0 aliphatic heterocycles. The number of nitrogens with one attached hydrogen (secondary N) is 1. The lowest BCUT2D eigenvalue weighted by Gasteiger charge is -2.07. The molecule has 2 heterocycles. The van der Waals surface area contributed by atoms with Crippen molar-refractivity contribution >= 4 is 51.5 Å². The Morgan fingerprint density at radius 1 is 1.00 bits per heavy atom. The van der Waals surface area contributed by atoms with Crippen molar-refractivity contribution in [1.29, 1.82) is 0 Å². The zero-order valence-corrected chi connectivity index (χ0v) is 17.4. The van der Waals surface area contributed by atoms with Gasteiger partial charge in [-0.05, 0) is 35.9 Å². The minimum atomic E-state index is -0.935. The van der Waals surface area contributed by atoms with E-state index in [1.54, 1.807) is 28.8 Å². The molecule has 4 aromatic rings. The largest absolute Gasteiger partial charge is 0.508 e. The summed E-state index contributed by atoms with van der Waals surface area (Å²) in [5, 5.41) is 22.7. The summed E-state index contributed by atoms with van der Waals surface area (Å²) in [5.41, 5.74) is 1.62. The lowest BCUT2D eigenvalue weighted by atomic mass is 10.1. The van der Waals surface area contributed by atoms with Crippen LogP contribution in [0, 0.1) is 0 Å². The van der Waals surface area contributed by atoms with Crippen molar-refractivity contribution in [2.45, 2.75) is 6.54 Å². The lowest BCUT2D eigenvalue weighted by molar-refractivity contribution is -0.112. The Balaban J connectivity index is 1.72. The summed E-state index contributed by atoms with van der Waals surface area (Å²) in [4.78, 5) is 29.4. The van der Waals surface area contributed by atoms with E-state index in [9.17, 15) is 19.8 Å². The molecule has 1 amide bonds. The number of fused-ring (bicyclic) bond motifs is 1. The number of benzene rings is 2. The van der Waals surface area contributed by atoms with Gasteiger partial charge >= 0.3 is 0 Å². The Morgan fingerprint density at radius 2 is 1.71 bits per heavy atom. The number of ketones is 1. The van der Waals surface area contributed by atoms with Crippen LogP contribution in [0.15, 0.2) is 61.1 Å². The van der Waals surface area contributed by atoms with Gasteiger partial charge in [0.1, 0.15) is 11.5 Å². The molecule has 4 rings (SSSR count). The van der Waals surface area contributed by atoms with E-state index < -0.39 is 11.7 Å². The van der Waals surface area contributed by atoms with Crippen LogP contribution in [0.4, 0.5) is 5.69 Å². The fourth-order valence-electron chi connectivity index (χ4n) is 3.27. The summed E-state index contributed by atoms with van der Waals surface area (Å²) in [5.74, 6) is -1.69. The highest BCUT2D eigenvalue weighted by atomic mass is 35.5. The van der Waals surface area contributed by atoms with E-state index in [4.69, 9.17) is 23.2 Å². The van der Waals surface area contributed by atoms with E-state index >= 15 is 0 Å². The van der Waals surface area contributed by atoms with Crippen LogP contribution in [0.3, 0.4) is 0 Å². The number of nitrogens with zero attached hydrogens (tertiary/aromatic N) is 2. The highest BCUT2D eigenvalue weighted by Gasteiger charge is 2.23. The second kappa shape index (κ2) is 8.29. The Bertz CT molecular complexity index is 1310. The van der Waals surface area contributed by atoms with Gasteiger partial charge in [-0.15, -0.1) is 0 Å². The summed E-state index contributed by atoms with van der Waals surface area (Å²) in [6, 6.07) is 11.3. The summed E-state index contributed by atoms with van der Waals surface area (Å²) < 4.78 is 1.76. The van der Waals surface area contributed by atoms with Crippen LogP contribution in [-0.4, -0.2) is 31.5 Å². The third kappa shape index (κ3) is 4.19. The molecule has 0 radical (unpaired) electrons. The van der Waals surface area contributed by atoms with Gasteiger partial charge in [-0.25, -0.2) is 0 Å². The van der Waals surface area contributed by atoms with Gasteiger partial charge < -0.3 is 20.1 Å². The number of pyridine rings is 1.